The molecule has 1 N–H and O–H groups in total. The van der Waals surface area contributed by atoms with Gasteiger partial charge in [-0.1, -0.05) is 15.9 Å². The average Bonchev–Trinajstić information content (AvgIpc) is 2.87. The molecule has 3 rings (SSSR count). The van der Waals surface area contributed by atoms with Crippen LogP contribution in [0.1, 0.15) is 5.56 Å². The molecule has 3 amide bonds. The van der Waals surface area contributed by atoms with Crippen LogP contribution in [0.5, 0.6) is 5.75 Å². The first kappa shape index (κ1) is 19.6. The molecular weight excluding hydrogens is 539 g/mol. The Morgan fingerprint density at radius 1 is 1.35 bits per heavy atom. The van der Waals surface area contributed by atoms with Gasteiger partial charge < -0.3 is 14.7 Å². The van der Waals surface area contributed by atoms with E-state index in [1.165, 1.54) is 6.08 Å². The van der Waals surface area contributed by atoms with E-state index in [-0.39, 0.29) is 23.1 Å². The zero-order valence-electron chi connectivity index (χ0n) is 13.4. The summed E-state index contributed by atoms with van der Waals surface area (Å²) in [5.41, 5.74) is 0.425. The lowest BCUT2D eigenvalue weighted by atomic mass is 10.2. The molecule has 2 aliphatic heterocycles. The standard InChI is InChI=1S/C16H14BrIN2O5S/c17-10-5-9(14(22)11(18)7-10)6-12-15(23)20(16(24)26-12)8-13(21)19-1-3-25-4-2-19/h5-7,22H,1-4,8H2/b12-6-. The number of rotatable bonds is 3. The van der Waals surface area contributed by atoms with Crippen molar-refractivity contribution in [3.8, 4) is 5.75 Å². The number of thioether (sulfide) groups is 1. The van der Waals surface area contributed by atoms with Gasteiger partial charge in [-0.3, -0.25) is 19.3 Å². The van der Waals surface area contributed by atoms with Crippen LogP contribution in [-0.2, 0) is 14.3 Å². The summed E-state index contributed by atoms with van der Waals surface area (Å²) >= 11 is 6.07. The summed E-state index contributed by atoms with van der Waals surface area (Å²) in [6.07, 6.45) is 1.46. The molecule has 0 aromatic heterocycles. The van der Waals surface area contributed by atoms with Crippen molar-refractivity contribution in [2.24, 2.45) is 0 Å². The van der Waals surface area contributed by atoms with Gasteiger partial charge >= 0.3 is 0 Å². The van der Waals surface area contributed by atoms with E-state index in [9.17, 15) is 19.5 Å². The maximum atomic E-state index is 12.5. The van der Waals surface area contributed by atoms with Crippen LogP contribution in [-0.4, -0.2) is 64.8 Å². The number of imide groups is 1. The average molecular weight is 553 g/mol. The summed E-state index contributed by atoms with van der Waals surface area (Å²) in [5.74, 6) is -0.780. The molecule has 0 radical (unpaired) electrons. The zero-order valence-corrected chi connectivity index (χ0v) is 18.0. The third-order valence-corrected chi connectivity index (χ3v) is 6.06. The number of phenolic OH excluding ortho intramolecular Hbond substituents is 1. The van der Waals surface area contributed by atoms with Crippen molar-refractivity contribution >= 4 is 73.4 Å². The zero-order chi connectivity index (χ0) is 18.8. The lowest BCUT2D eigenvalue weighted by Crippen LogP contribution is -2.46. The number of nitrogens with zero attached hydrogens (tertiary/aromatic N) is 2. The predicted molar refractivity (Wildman–Crippen MR) is 109 cm³/mol. The Kier molecular flexibility index (Phi) is 6.25. The van der Waals surface area contributed by atoms with Gasteiger partial charge in [0.15, 0.2) is 0 Å². The molecule has 2 fully saturated rings. The van der Waals surface area contributed by atoms with Gasteiger partial charge in [0, 0.05) is 23.1 Å². The van der Waals surface area contributed by atoms with Gasteiger partial charge in [-0.15, -0.1) is 0 Å². The van der Waals surface area contributed by atoms with Crippen molar-refractivity contribution < 1.29 is 24.2 Å². The molecule has 0 spiro atoms. The molecular formula is C16H14BrIN2O5S. The number of phenols is 1. The van der Waals surface area contributed by atoms with Crippen LogP contribution in [0.25, 0.3) is 6.08 Å². The fourth-order valence-corrected chi connectivity index (χ4v) is 4.90. The van der Waals surface area contributed by atoms with Gasteiger partial charge in [0.1, 0.15) is 12.3 Å². The SMILES string of the molecule is O=C(CN1C(=O)S/C(=C\c2cc(Br)cc(I)c2O)C1=O)N1CCOCC1. The molecule has 2 saturated heterocycles. The number of amides is 3. The fourth-order valence-electron chi connectivity index (χ4n) is 2.52. The highest BCUT2D eigenvalue weighted by Crippen LogP contribution is 2.36. The third-order valence-electron chi connectivity index (χ3n) is 3.88. The quantitative estimate of drug-likeness (QED) is 0.458. The first-order valence-electron chi connectivity index (χ1n) is 7.65. The molecule has 0 unspecified atom stereocenters. The van der Waals surface area contributed by atoms with Gasteiger partial charge in [-0.2, -0.15) is 0 Å². The minimum Gasteiger partial charge on any atom is -0.506 e. The Hall–Kier alpha value is -1.11. The maximum absolute atomic E-state index is 12.5. The first-order valence-corrected chi connectivity index (χ1v) is 10.3. The number of halogens is 2. The highest BCUT2D eigenvalue weighted by molar-refractivity contribution is 14.1. The monoisotopic (exact) mass is 552 g/mol. The summed E-state index contributed by atoms with van der Waals surface area (Å²) < 4.78 is 6.55. The van der Waals surface area contributed by atoms with E-state index in [2.05, 4.69) is 15.9 Å². The molecule has 0 aliphatic carbocycles. The van der Waals surface area contributed by atoms with E-state index >= 15 is 0 Å². The molecule has 2 heterocycles. The number of benzene rings is 1. The number of hydrogen-bond acceptors (Lipinski definition) is 6. The van der Waals surface area contributed by atoms with Crippen LogP contribution >= 0.6 is 50.3 Å². The first-order chi connectivity index (χ1) is 12.4. The molecule has 26 heavy (non-hydrogen) atoms. The molecule has 2 aliphatic rings. The van der Waals surface area contributed by atoms with Gasteiger partial charge in [-0.25, -0.2) is 0 Å². The summed E-state index contributed by atoms with van der Waals surface area (Å²) in [5, 5.41) is 9.66. The van der Waals surface area contributed by atoms with Crippen molar-refractivity contribution in [1.82, 2.24) is 9.80 Å². The smallest absolute Gasteiger partial charge is 0.294 e. The van der Waals surface area contributed by atoms with E-state index in [4.69, 9.17) is 4.74 Å². The molecule has 1 aromatic rings. The highest BCUT2D eigenvalue weighted by Gasteiger charge is 2.37. The number of ether oxygens (including phenoxy) is 1. The Balaban J connectivity index is 1.77. The van der Waals surface area contributed by atoms with E-state index in [0.717, 1.165) is 21.1 Å². The van der Waals surface area contributed by atoms with Gasteiger partial charge in [0.25, 0.3) is 11.1 Å². The van der Waals surface area contributed by atoms with Crippen molar-refractivity contribution in [2.75, 3.05) is 32.8 Å². The second-order valence-corrected chi connectivity index (χ2v) is 8.66. The molecule has 10 heteroatoms. The van der Waals surface area contributed by atoms with Crippen molar-refractivity contribution in [2.45, 2.75) is 0 Å². The van der Waals surface area contributed by atoms with E-state index < -0.39 is 11.1 Å². The Labute approximate surface area is 176 Å². The van der Waals surface area contributed by atoms with Crippen LogP contribution < -0.4 is 0 Å². The predicted octanol–water partition coefficient (Wildman–Crippen LogP) is 2.65. The topological polar surface area (TPSA) is 87.2 Å². The number of carbonyl (C=O) groups excluding carboxylic acids is 3. The largest absolute Gasteiger partial charge is 0.506 e. The summed E-state index contributed by atoms with van der Waals surface area (Å²) in [6.45, 7) is 1.52. The summed E-state index contributed by atoms with van der Waals surface area (Å²) in [6, 6.07) is 3.39. The van der Waals surface area contributed by atoms with E-state index in [1.807, 2.05) is 22.6 Å². The van der Waals surface area contributed by atoms with Crippen molar-refractivity contribution in [1.29, 1.82) is 0 Å². The number of morpholine rings is 1. The molecule has 1 aromatic carbocycles. The minimum absolute atomic E-state index is 0.0324. The normalized spacial score (nSPS) is 19.5. The van der Waals surface area contributed by atoms with E-state index in [0.29, 0.717) is 35.4 Å². The second-order valence-electron chi connectivity index (χ2n) is 5.59. The van der Waals surface area contributed by atoms with Gasteiger partial charge in [0.2, 0.25) is 5.91 Å². The van der Waals surface area contributed by atoms with Crippen LogP contribution in [0.3, 0.4) is 0 Å². The Morgan fingerprint density at radius 3 is 2.73 bits per heavy atom. The molecule has 7 nitrogen and oxygen atoms in total. The van der Waals surface area contributed by atoms with Crippen LogP contribution in [0.2, 0.25) is 0 Å². The summed E-state index contributed by atoms with van der Waals surface area (Å²) in [4.78, 5) is 39.7. The molecule has 138 valence electrons. The Morgan fingerprint density at radius 2 is 2.04 bits per heavy atom. The van der Waals surface area contributed by atoms with Crippen LogP contribution in [0.15, 0.2) is 21.5 Å². The second kappa shape index (κ2) is 8.28. The fraction of sp³-hybridized carbons (Fsp3) is 0.312. The van der Waals surface area contributed by atoms with E-state index in [1.54, 1.807) is 17.0 Å². The molecule has 0 bridgehead atoms. The maximum Gasteiger partial charge on any atom is 0.294 e. The highest BCUT2D eigenvalue weighted by atomic mass is 127. The van der Waals surface area contributed by atoms with Crippen molar-refractivity contribution in [3.63, 3.8) is 0 Å². The third kappa shape index (κ3) is 4.24. The number of hydrogen-bond donors (Lipinski definition) is 1. The minimum atomic E-state index is -0.531. The molecule has 0 atom stereocenters. The molecule has 0 saturated carbocycles. The summed E-state index contributed by atoms with van der Waals surface area (Å²) in [7, 11) is 0. The van der Waals surface area contributed by atoms with Crippen LogP contribution in [0.4, 0.5) is 4.79 Å². The van der Waals surface area contributed by atoms with Crippen molar-refractivity contribution in [3.05, 3.63) is 30.6 Å². The number of carbonyl (C=O) groups is 3. The van der Waals surface area contributed by atoms with Gasteiger partial charge in [0.05, 0.1) is 21.7 Å². The lowest BCUT2D eigenvalue weighted by Gasteiger charge is -2.28. The Bertz CT molecular complexity index is 810. The lowest BCUT2D eigenvalue weighted by molar-refractivity contribution is -0.139. The van der Waals surface area contributed by atoms with Crippen LogP contribution in [0, 0.1) is 3.57 Å². The number of aromatic hydroxyl groups is 1. The van der Waals surface area contributed by atoms with Gasteiger partial charge in [-0.05, 0) is 52.6 Å².